The Hall–Kier alpha value is -2.21. The van der Waals surface area contributed by atoms with Gasteiger partial charge in [0, 0.05) is 6.54 Å². The van der Waals surface area contributed by atoms with Gasteiger partial charge in [-0.1, -0.05) is 13.0 Å². The molecule has 21 heavy (non-hydrogen) atoms. The molecule has 108 valence electrons. The van der Waals surface area contributed by atoms with Gasteiger partial charge >= 0.3 is 0 Å². The summed E-state index contributed by atoms with van der Waals surface area (Å²) in [5.74, 6) is 0.840. The molecular formula is C15H16N4OS. The number of pyridine rings is 1. The van der Waals surface area contributed by atoms with Crippen LogP contribution in [-0.2, 0) is 6.54 Å². The summed E-state index contributed by atoms with van der Waals surface area (Å²) in [5.41, 5.74) is 1.59. The first-order chi connectivity index (χ1) is 10.3. The lowest BCUT2D eigenvalue weighted by molar-refractivity contribution is 0.731. The van der Waals surface area contributed by atoms with Crippen molar-refractivity contribution in [2.75, 3.05) is 11.9 Å². The van der Waals surface area contributed by atoms with Crippen LogP contribution in [0.5, 0.6) is 0 Å². The van der Waals surface area contributed by atoms with Crippen molar-refractivity contribution in [3.8, 4) is 0 Å². The van der Waals surface area contributed by atoms with Crippen LogP contribution in [-0.4, -0.2) is 21.1 Å². The molecule has 0 saturated heterocycles. The maximum absolute atomic E-state index is 12.3. The normalized spacial score (nSPS) is 10.9. The Kier molecular flexibility index (Phi) is 3.96. The van der Waals surface area contributed by atoms with Gasteiger partial charge in [0.1, 0.15) is 10.5 Å². The standard InChI is InChI=1S/C15H16N4OS/c1-2-7-16-13-5-3-4-11(18-13)9-19-10-17-12-6-8-21-14(12)15(19)20/h3-6,8,10H,2,7,9H2,1H3,(H,16,18). The molecule has 0 radical (unpaired) electrons. The molecule has 5 nitrogen and oxygen atoms in total. The van der Waals surface area contributed by atoms with Crippen LogP contribution in [0.3, 0.4) is 0 Å². The molecule has 3 aromatic rings. The van der Waals surface area contributed by atoms with Crippen molar-refractivity contribution in [1.82, 2.24) is 14.5 Å². The molecule has 0 atom stereocenters. The fourth-order valence-corrected chi connectivity index (χ4v) is 2.88. The Morgan fingerprint density at radius 1 is 1.33 bits per heavy atom. The SMILES string of the molecule is CCCNc1cccc(Cn2cnc3ccsc3c2=O)n1. The van der Waals surface area contributed by atoms with E-state index in [0.29, 0.717) is 11.2 Å². The highest BCUT2D eigenvalue weighted by Crippen LogP contribution is 2.13. The molecule has 0 aliphatic heterocycles. The number of nitrogens with one attached hydrogen (secondary N) is 1. The van der Waals surface area contributed by atoms with Gasteiger partial charge < -0.3 is 5.32 Å². The lowest BCUT2D eigenvalue weighted by atomic mass is 10.3. The maximum atomic E-state index is 12.3. The average molecular weight is 300 g/mol. The number of hydrogen-bond acceptors (Lipinski definition) is 5. The number of rotatable bonds is 5. The smallest absolute Gasteiger partial charge is 0.271 e. The van der Waals surface area contributed by atoms with Gasteiger partial charge in [0.2, 0.25) is 0 Å². The minimum absolute atomic E-state index is 0.0104. The first-order valence-corrected chi connectivity index (χ1v) is 7.78. The molecule has 0 fully saturated rings. The Morgan fingerprint density at radius 2 is 2.24 bits per heavy atom. The van der Waals surface area contributed by atoms with E-state index in [0.717, 1.165) is 30.0 Å². The second-order valence-corrected chi connectivity index (χ2v) is 5.67. The summed E-state index contributed by atoms with van der Waals surface area (Å²) in [7, 11) is 0. The van der Waals surface area contributed by atoms with Crippen molar-refractivity contribution in [3.63, 3.8) is 0 Å². The fourth-order valence-electron chi connectivity index (χ4n) is 2.09. The van der Waals surface area contributed by atoms with Gasteiger partial charge in [-0.3, -0.25) is 9.36 Å². The number of aromatic nitrogens is 3. The highest BCUT2D eigenvalue weighted by Gasteiger charge is 2.06. The molecule has 1 N–H and O–H groups in total. The van der Waals surface area contributed by atoms with Crippen molar-refractivity contribution >= 4 is 27.4 Å². The van der Waals surface area contributed by atoms with Crippen molar-refractivity contribution in [2.45, 2.75) is 19.9 Å². The summed E-state index contributed by atoms with van der Waals surface area (Å²) in [4.78, 5) is 21.2. The Balaban J connectivity index is 1.88. The third kappa shape index (κ3) is 2.95. The van der Waals surface area contributed by atoms with Crippen molar-refractivity contribution in [3.05, 3.63) is 52.0 Å². The van der Waals surface area contributed by atoms with E-state index < -0.39 is 0 Å². The third-order valence-electron chi connectivity index (χ3n) is 3.13. The summed E-state index contributed by atoms with van der Waals surface area (Å²) < 4.78 is 2.29. The molecule has 3 rings (SSSR count). The lowest BCUT2D eigenvalue weighted by Crippen LogP contribution is -2.20. The van der Waals surface area contributed by atoms with Crippen molar-refractivity contribution < 1.29 is 0 Å². The first kappa shape index (κ1) is 13.8. The van der Waals surface area contributed by atoms with Crippen molar-refractivity contribution in [2.24, 2.45) is 0 Å². The topological polar surface area (TPSA) is 59.8 Å². The molecule has 0 aliphatic carbocycles. The molecule has 0 aliphatic rings. The molecular weight excluding hydrogens is 284 g/mol. The molecule has 3 aromatic heterocycles. The number of fused-ring (bicyclic) bond motifs is 1. The molecule has 0 bridgehead atoms. The van der Waals surface area contributed by atoms with Crippen molar-refractivity contribution in [1.29, 1.82) is 0 Å². The van der Waals surface area contributed by atoms with E-state index in [9.17, 15) is 4.79 Å². The molecule has 0 aromatic carbocycles. The predicted octanol–water partition coefficient (Wildman–Crippen LogP) is 2.72. The van der Waals surface area contributed by atoms with Crippen LogP contribution in [0.1, 0.15) is 19.0 Å². The van der Waals surface area contributed by atoms with E-state index in [-0.39, 0.29) is 5.56 Å². The predicted molar refractivity (Wildman–Crippen MR) is 86.0 cm³/mol. The van der Waals surface area contributed by atoms with Crippen LogP contribution < -0.4 is 10.9 Å². The molecule has 3 heterocycles. The number of nitrogens with zero attached hydrogens (tertiary/aromatic N) is 3. The third-order valence-corrected chi connectivity index (χ3v) is 4.02. The Bertz CT molecular complexity index is 809. The molecule has 0 unspecified atom stereocenters. The highest BCUT2D eigenvalue weighted by atomic mass is 32.1. The van der Waals surface area contributed by atoms with Crippen LogP contribution in [0.4, 0.5) is 5.82 Å². The zero-order valence-electron chi connectivity index (χ0n) is 11.7. The lowest BCUT2D eigenvalue weighted by Gasteiger charge is -2.08. The second kappa shape index (κ2) is 6.05. The van der Waals surface area contributed by atoms with E-state index >= 15 is 0 Å². The molecule has 0 spiro atoms. The molecule has 0 amide bonds. The van der Waals surface area contributed by atoms with Gasteiger partial charge in [0.05, 0.1) is 24.1 Å². The Morgan fingerprint density at radius 3 is 3.10 bits per heavy atom. The first-order valence-electron chi connectivity index (χ1n) is 6.90. The summed E-state index contributed by atoms with van der Waals surface area (Å²) >= 11 is 1.42. The van der Waals surface area contributed by atoms with E-state index in [4.69, 9.17) is 0 Å². The van der Waals surface area contributed by atoms with Gasteiger partial charge in [-0.15, -0.1) is 11.3 Å². The van der Waals surface area contributed by atoms with Gasteiger partial charge in [-0.25, -0.2) is 9.97 Å². The molecule has 0 saturated carbocycles. The summed E-state index contributed by atoms with van der Waals surface area (Å²) in [6.45, 7) is 3.43. The fraction of sp³-hybridized carbons (Fsp3) is 0.267. The van der Waals surface area contributed by atoms with Gasteiger partial charge in [0.25, 0.3) is 5.56 Å². The van der Waals surface area contributed by atoms with Gasteiger partial charge in [-0.2, -0.15) is 0 Å². The molecule has 6 heteroatoms. The van der Waals surface area contributed by atoms with Crippen LogP contribution in [0.25, 0.3) is 10.2 Å². The van der Waals surface area contributed by atoms with Crippen LogP contribution in [0.15, 0.2) is 40.8 Å². The van der Waals surface area contributed by atoms with Gasteiger partial charge in [-0.05, 0) is 30.0 Å². The number of thiophene rings is 1. The zero-order chi connectivity index (χ0) is 14.7. The van der Waals surface area contributed by atoms with Crippen LogP contribution in [0.2, 0.25) is 0 Å². The van der Waals surface area contributed by atoms with E-state index in [1.165, 1.54) is 11.3 Å². The largest absolute Gasteiger partial charge is 0.370 e. The highest BCUT2D eigenvalue weighted by molar-refractivity contribution is 7.17. The van der Waals surface area contributed by atoms with Crippen LogP contribution >= 0.6 is 11.3 Å². The van der Waals surface area contributed by atoms with E-state index in [1.807, 2.05) is 29.6 Å². The van der Waals surface area contributed by atoms with E-state index in [2.05, 4.69) is 22.2 Å². The number of hydrogen-bond donors (Lipinski definition) is 1. The minimum atomic E-state index is -0.0104. The number of anilines is 1. The second-order valence-electron chi connectivity index (χ2n) is 4.75. The average Bonchev–Trinajstić information content (AvgIpc) is 2.98. The summed E-state index contributed by atoms with van der Waals surface area (Å²) in [6, 6.07) is 7.66. The summed E-state index contributed by atoms with van der Waals surface area (Å²) in [5, 5.41) is 5.13. The quantitative estimate of drug-likeness (QED) is 0.787. The zero-order valence-corrected chi connectivity index (χ0v) is 12.6. The van der Waals surface area contributed by atoms with Gasteiger partial charge in [0.15, 0.2) is 0 Å². The van der Waals surface area contributed by atoms with Crippen LogP contribution in [0, 0.1) is 0 Å². The monoisotopic (exact) mass is 300 g/mol. The minimum Gasteiger partial charge on any atom is -0.370 e. The van der Waals surface area contributed by atoms with E-state index in [1.54, 1.807) is 10.9 Å². The summed E-state index contributed by atoms with van der Waals surface area (Å²) in [6.07, 6.45) is 2.63. The maximum Gasteiger partial charge on any atom is 0.271 e. The Labute approximate surface area is 126 Å².